The van der Waals surface area contributed by atoms with Crippen LogP contribution < -0.4 is 11.3 Å². The second-order valence-corrected chi connectivity index (χ2v) is 2.94. The molecule has 0 unspecified atom stereocenters. The lowest BCUT2D eigenvalue weighted by Gasteiger charge is -2.03. The second kappa shape index (κ2) is 3.80. The summed E-state index contributed by atoms with van der Waals surface area (Å²) in [5.74, 6) is 4.81. The molecule has 0 bridgehead atoms. The van der Waals surface area contributed by atoms with Gasteiger partial charge in [-0.1, -0.05) is 22.0 Å². The zero-order chi connectivity index (χ0) is 8.27. The van der Waals surface area contributed by atoms with E-state index in [4.69, 9.17) is 5.84 Å². The van der Waals surface area contributed by atoms with Gasteiger partial charge in [0.15, 0.2) is 0 Å². The highest BCUT2D eigenvalue weighted by atomic mass is 79.9. The van der Waals surface area contributed by atoms with Crippen molar-refractivity contribution in [2.24, 2.45) is 5.84 Å². The standard InChI is InChI=1S/C7H8BrFN2/c8-6-2-1-3-7(9)5(6)4-11-10/h1-3,11H,4,10H2. The van der Waals surface area contributed by atoms with Gasteiger partial charge in [0.1, 0.15) is 5.82 Å². The second-order valence-electron chi connectivity index (χ2n) is 2.08. The molecule has 0 heterocycles. The Balaban J connectivity index is 3.00. The van der Waals surface area contributed by atoms with Crippen LogP contribution in [0.2, 0.25) is 0 Å². The van der Waals surface area contributed by atoms with Gasteiger partial charge in [0.25, 0.3) is 0 Å². The Morgan fingerprint density at radius 2 is 2.27 bits per heavy atom. The summed E-state index contributed by atoms with van der Waals surface area (Å²) < 4.78 is 13.6. The van der Waals surface area contributed by atoms with Crippen LogP contribution in [0, 0.1) is 5.82 Å². The Kier molecular flexibility index (Phi) is 2.99. The van der Waals surface area contributed by atoms with Crippen molar-refractivity contribution < 1.29 is 4.39 Å². The third kappa shape index (κ3) is 1.99. The van der Waals surface area contributed by atoms with Gasteiger partial charge in [0.2, 0.25) is 0 Å². The van der Waals surface area contributed by atoms with Gasteiger partial charge >= 0.3 is 0 Å². The third-order valence-corrected chi connectivity index (χ3v) is 2.08. The topological polar surface area (TPSA) is 38.0 Å². The van der Waals surface area contributed by atoms with Gasteiger partial charge in [0, 0.05) is 16.6 Å². The van der Waals surface area contributed by atoms with Crippen molar-refractivity contribution in [3.63, 3.8) is 0 Å². The van der Waals surface area contributed by atoms with Crippen LogP contribution in [0.15, 0.2) is 22.7 Å². The molecule has 11 heavy (non-hydrogen) atoms. The molecule has 1 aromatic carbocycles. The normalized spacial score (nSPS) is 10.1. The van der Waals surface area contributed by atoms with E-state index in [0.29, 0.717) is 12.1 Å². The van der Waals surface area contributed by atoms with Crippen molar-refractivity contribution in [1.82, 2.24) is 5.43 Å². The summed E-state index contributed by atoms with van der Waals surface area (Å²) in [6.07, 6.45) is 0. The predicted molar refractivity (Wildman–Crippen MR) is 45.1 cm³/mol. The van der Waals surface area contributed by atoms with Crippen LogP contribution in [0.1, 0.15) is 5.56 Å². The smallest absolute Gasteiger partial charge is 0.128 e. The number of nitrogens with two attached hydrogens (primary N) is 1. The van der Waals surface area contributed by atoms with Crippen LogP contribution in [0.3, 0.4) is 0 Å². The van der Waals surface area contributed by atoms with Crippen LogP contribution in [0.5, 0.6) is 0 Å². The zero-order valence-corrected chi connectivity index (χ0v) is 7.36. The van der Waals surface area contributed by atoms with E-state index in [1.807, 2.05) is 0 Å². The molecule has 0 spiro atoms. The monoisotopic (exact) mass is 218 g/mol. The summed E-state index contributed by atoms with van der Waals surface area (Å²) in [5.41, 5.74) is 2.95. The van der Waals surface area contributed by atoms with Crippen molar-refractivity contribution in [2.45, 2.75) is 6.54 Å². The summed E-state index contributed by atoms with van der Waals surface area (Å²) in [7, 11) is 0. The van der Waals surface area contributed by atoms with E-state index >= 15 is 0 Å². The number of hydrogen-bond donors (Lipinski definition) is 2. The lowest BCUT2D eigenvalue weighted by molar-refractivity contribution is 0.592. The molecule has 0 atom stereocenters. The highest BCUT2D eigenvalue weighted by Gasteiger charge is 2.03. The summed E-state index contributed by atoms with van der Waals surface area (Å²) >= 11 is 3.21. The Bertz CT molecular complexity index is 232. The molecule has 0 saturated heterocycles. The molecule has 0 aliphatic carbocycles. The van der Waals surface area contributed by atoms with Gasteiger partial charge in [-0.15, -0.1) is 0 Å². The van der Waals surface area contributed by atoms with Gasteiger partial charge in [-0.25, -0.2) is 4.39 Å². The van der Waals surface area contributed by atoms with E-state index in [1.54, 1.807) is 12.1 Å². The number of halogens is 2. The zero-order valence-electron chi connectivity index (χ0n) is 5.77. The van der Waals surface area contributed by atoms with Crippen molar-refractivity contribution in [3.05, 3.63) is 34.1 Å². The lowest BCUT2D eigenvalue weighted by atomic mass is 10.2. The maximum absolute atomic E-state index is 12.9. The van der Waals surface area contributed by atoms with Crippen LogP contribution >= 0.6 is 15.9 Å². The molecule has 1 rings (SSSR count). The van der Waals surface area contributed by atoms with Crippen LogP contribution in [0.4, 0.5) is 4.39 Å². The Morgan fingerprint density at radius 1 is 1.55 bits per heavy atom. The van der Waals surface area contributed by atoms with Crippen molar-refractivity contribution in [1.29, 1.82) is 0 Å². The summed E-state index contributed by atoms with van der Waals surface area (Å²) in [6.45, 7) is 0.327. The highest BCUT2D eigenvalue weighted by molar-refractivity contribution is 9.10. The molecule has 0 aliphatic heterocycles. The van der Waals surface area contributed by atoms with E-state index in [-0.39, 0.29) is 5.82 Å². The summed E-state index contributed by atoms with van der Waals surface area (Å²) in [6, 6.07) is 4.81. The molecule has 60 valence electrons. The van der Waals surface area contributed by atoms with Gasteiger partial charge in [-0.05, 0) is 12.1 Å². The third-order valence-electron chi connectivity index (χ3n) is 1.34. The first-order valence-electron chi connectivity index (χ1n) is 3.12. The Labute approximate surface area is 72.7 Å². The Morgan fingerprint density at radius 3 is 2.82 bits per heavy atom. The molecular weight excluding hydrogens is 211 g/mol. The van der Waals surface area contributed by atoms with E-state index < -0.39 is 0 Å². The minimum absolute atomic E-state index is 0.252. The number of benzene rings is 1. The van der Waals surface area contributed by atoms with Gasteiger partial charge < -0.3 is 0 Å². The molecule has 2 nitrogen and oxygen atoms in total. The molecule has 0 aliphatic rings. The van der Waals surface area contributed by atoms with Crippen molar-refractivity contribution >= 4 is 15.9 Å². The molecule has 0 fully saturated rings. The SMILES string of the molecule is NNCc1c(F)cccc1Br. The quantitative estimate of drug-likeness (QED) is 0.585. The maximum Gasteiger partial charge on any atom is 0.128 e. The predicted octanol–water partition coefficient (Wildman–Crippen LogP) is 1.55. The molecule has 1 aromatic rings. The van der Waals surface area contributed by atoms with Crippen molar-refractivity contribution in [2.75, 3.05) is 0 Å². The number of rotatable bonds is 2. The first kappa shape index (κ1) is 8.64. The number of nitrogens with one attached hydrogen (secondary N) is 1. The largest absolute Gasteiger partial charge is 0.271 e. The van der Waals surface area contributed by atoms with Crippen molar-refractivity contribution in [3.8, 4) is 0 Å². The Hall–Kier alpha value is -0.450. The number of hydrogen-bond acceptors (Lipinski definition) is 2. The minimum Gasteiger partial charge on any atom is -0.271 e. The molecule has 0 aromatic heterocycles. The molecule has 0 radical (unpaired) electrons. The highest BCUT2D eigenvalue weighted by Crippen LogP contribution is 2.18. The van der Waals surface area contributed by atoms with Crippen LogP contribution in [0.25, 0.3) is 0 Å². The van der Waals surface area contributed by atoms with E-state index in [2.05, 4.69) is 21.4 Å². The molecule has 0 saturated carbocycles. The van der Waals surface area contributed by atoms with E-state index in [9.17, 15) is 4.39 Å². The number of hydrazine groups is 1. The maximum atomic E-state index is 12.9. The van der Waals surface area contributed by atoms with Crippen LogP contribution in [-0.2, 0) is 6.54 Å². The molecule has 0 amide bonds. The first-order valence-corrected chi connectivity index (χ1v) is 3.91. The van der Waals surface area contributed by atoms with Gasteiger partial charge in [-0.2, -0.15) is 0 Å². The molecular formula is C7H8BrFN2. The summed E-state index contributed by atoms with van der Waals surface area (Å²) in [5, 5.41) is 0. The molecule has 3 N–H and O–H groups in total. The van der Waals surface area contributed by atoms with E-state index in [1.165, 1.54) is 6.07 Å². The molecule has 4 heteroatoms. The average molecular weight is 219 g/mol. The van der Waals surface area contributed by atoms with Crippen LogP contribution in [-0.4, -0.2) is 0 Å². The lowest BCUT2D eigenvalue weighted by Crippen LogP contribution is -2.21. The average Bonchev–Trinajstić information content (AvgIpc) is 1.97. The summed E-state index contributed by atoms with van der Waals surface area (Å²) in [4.78, 5) is 0. The fraction of sp³-hybridized carbons (Fsp3) is 0.143. The van der Waals surface area contributed by atoms with Gasteiger partial charge in [0.05, 0.1) is 0 Å². The van der Waals surface area contributed by atoms with Gasteiger partial charge in [-0.3, -0.25) is 11.3 Å². The first-order chi connectivity index (χ1) is 5.25. The minimum atomic E-state index is -0.252. The fourth-order valence-corrected chi connectivity index (χ4v) is 1.29. The fourth-order valence-electron chi connectivity index (χ4n) is 0.803. The van der Waals surface area contributed by atoms with E-state index in [0.717, 1.165) is 4.47 Å².